The van der Waals surface area contributed by atoms with E-state index in [0.29, 0.717) is 11.2 Å². The summed E-state index contributed by atoms with van der Waals surface area (Å²) in [7, 11) is 0. The van der Waals surface area contributed by atoms with Crippen molar-refractivity contribution in [3.8, 4) is 0 Å². The number of carbonyl (C=O) groups excluding carboxylic acids is 1. The highest BCUT2D eigenvalue weighted by Crippen LogP contribution is 2.39. The highest BCUT2D eigenvalue weighted by molar-refractivity contribution is 5.96. The Morgan fingerprint density at radius 2 is 1.95 bits per heavy atom. The lowest BCUT2D eigenvalue weighted by molar-refractivity contribution is 0.0733. The van der Waals surface area contributed by atoms with Crippen molar-refractivity contribution >= 4 is 29.3 Å². The maximum atomic E-state index is 12.7. The number of amides is 1. The smallest absolute Gasteiger partial charge is 0.289 e. The molecule has 2 fully saturated rings. The fraction of sp³-hybridized carbons (Fsp3) is 0.471. The first-order valence-corrected chi connectivity index (χ1v) is 7.74. The van der Waals surface area contributed by atoms with Crippen LogP contribution in [0, 0.1) is 5.41 Å². The molecule has 4 nitrogen and oxygen atoms in total. The summed E-state index contributed by atoms with van der Waals surface area (Å²) in [5, 5.41) is 4.40. The normalized spacial score (nSPS) is 20.3. The summed E-state index contributed by atoms with van der Waals surface area (Å²) in [6, 6.07) is 9.65. The second-order valence-corrected chi connectivity index (χ2v) is 6.38. The second kappa shape index (κ2) is 5.94. The number of para-hydroxylation sites is 1. The number of rotatable bonds is 1. The minimum atomic E-state index is 0. The van der Waals surface area contributed by atoms with E-state index >= 15 is 0 Å². The molecule has 2 aliphatic rings. The fourth-order valence-electron chi connectivity index (χ4n) is 3.72. The Morgan fingerprint density at radius 1 is 1.18 bits per heavy atom. The first-order valence-electron chi connectivity index (χ1n) is 7.74. The summed E-state index contributed by atoms with van der Waals surface area (Å²) in [4.78, 5) is 14.6. The maximum absolute atomic E-state index is 12.7. The van der Waals surface area contributed by atoms with Gasteiger partial charge < -0.3 is 14.6 Å². The number of likely N-dealkylation sites (tertiary alicyclic amines) is 1. The van der Waals surface area contributed by atoms with Crippen molar-refractivity contribution < 1.29 is 9.21 Å². The van der Waals surface area contributed by atoms with Gasteiger partial charge in [-0.2, -0.15) is 0 Å². The van der Waals surface area contributed by atoms with Crippen LogP contribution in [0.5, 0.6) is 0 Å². The Hall–Kier alpha value is -1.52. The van der Waals surface area contributed by atoms with Crippen molar-refractivity contribution in [3.63, 3.8) is 0 Å². The van der Waals surface area contributed by atoms with Gasteiger partial charge in [-0.05, 0) is 49.9 Å². The number of benzene rings is 1. The Labute approximate surface area is 136 Å². The monoisotopic (exact) mass is 320 g/mol. The molecule has 118 valence electrons. The third kappa shape index (κ3) is 2.61. The first-order chi connectivity index (χ1) is 10.3. The van der Waals surface area contributed by atoms with Crippen LogP contribution in [0.25, 0.3) is 11.0 Å². The molecule has 2 aliphatic heterocycles. The van der Waals surface area contributed by atoms with E-state index in [4.69, 9.17) is 4.42 Å². The van der Waals surface area contributed by atoms with E-state index < -0.39 is 0 Å². The van der Waals surface area contributed by atoms with Crippen LogP contribution in [0.2, 0.25) is 0 Å². The number of halogens is 1. The molecule has 22 heavy (non-hydrogen) atoms. The van der Waals surface area contributed by atoms with Gasteiger partial charge in [-0.15, -0.1) is 12.4 Å². The van der Waals surface area contributed by atoms with Gasteiger partial charge in [0, 0.05) is 18.5 Å². The molecular weight excluding hydrogens is 300 g/mol. The maximum Gasteiger partial charge on any atom is 0.289 e. The van der Waals surface area contributed by atoms with Gasteiger partial charge in [0.1, 0.15) is 5.58 Å². The number of nitrogens with one attached hydrogen (secondary N) is 1. The molecule has 0 unspecified atom stereocenters. The molecule has 2 saturated heterocycles. The Kier molecular flexibility index (Phi) is 4.15. The van der Waals surface area contributed by atoms with Crippen molar-refractivity contribution in [1.82, 2.24) is 10.2 Å². The van der Waals surface area contributed by atoms with Gasteiger partial charge in [-0.3, -0.25) is 4.79 Å². The zero-order chi connectivity index (χ0) is 14.3. The SMILES string of the molecule is Cl.O=C(c1cc2ccccc2o1)N1CCC2(CCNCC2)C1. The molecule has 0 bridgehead atoms. The summed E-state index contributed by atoms with van der Waals surface area (Å²) >= 11 is 0. The van der Waals surface area contributed by atoms with E-state index in [1.54, 1.807) is 0 Å². The van der Waals surface area contributed by atoms with Gasteiger partial charge in [0.05, 0.1) is 0 Å². The third-order valence-corrected chi connectivity index (χ3v) is 5.03. The van der Waals surface area contributed by atoms with Crippen molar-refractivity contribution in [2.75, 3.05) is 26.2 Å². The summed E-state index contributed by atoms with van der Waals surface area (Å²) in [5.41, 5.74) is 1.13. The highest BCUT2D eigenvalue weighted by Gasteiger charge is 2.41. The lowest BCUT2D eigenvalue weighted by Crippen LogP contribution is -2.39. The van der Waals surface area contributed by atoms with Crippen LogP contribution in [0.3, 0.4) is 0 Å². The van der Waals surface area contributed by atoms with Gasteiger partial charge >= 0.3 is 0 Å². The average Bonchev–Trinajstić information content (AvgIpc) is 3.12. The lowest BCUT2D eigenvalue weighted by atomic mass is 9.78. The van der Waals surface area contributed by atoms with Gasteiger partial charge in [0.2, 0.25) is 0 Å². The van der Waals surface area contributed by atoms with Crippen LogP contribution in [0.15, 0.2) is 34.7 Å². The summed E-state index contributed by atoms with van der Waals surface area (Å²) in [6.07, 6.45) is 3.48. The minimum Gasteiger partial charge on any atom is -0.451 e. The van der Waals surface area contributed by atoms with Crippen molar-refractivity contribution in [3.05, 3.63) is 36.1 Å². The van der Waals surface area contributed by atoms with Gasteiger partial charge in [-0.1, -0.05) is 18.2 Å². The zero-order valence-corrected chi connectivity index (χ0v) is 13.3. The highest BCUT2D eigenvalue weighted by atomic mass is 35.5. The predicted octanol–water partition coefficient (Wildman–Crippen LogP) is 3.07. The molecule has 1 aromatic carbocycles. The van der Waals surface area contributed by atoms with E-state index in [0.717, 1.165) is 43.6 Å². The molecule has 0 atom stereocenters. The number of carbonyl (C=O) groups is 1. The molecule has 2 aromatic rings. The molecule has 1 aromatic heterocycles. The van der Waals surface area contributed by atoms with E-state index in [9.17, 15) is 4.79 Å². The molecule has 3 heterocycles. The predicted molar refractivity (Wildman–Crippen MR) is 88.5 cm³/mol. The van der Waals surface area contributed by atoms with Crippen LogP contribution in [-0.2, 0) is 0 Å². The number of hydrogen-bond acceptors (Lipinski definition) is 3. The van der Waals surface area contributed by atoms with Crippen LogP contribution in [0.4, 0.5) is 0 Å². The third-order valence-electron chi connectivity index (χ3n) is 5.03. The molecular formula is C17H21ClN2O2. The molecule has 1 N–H and O–H groups in total. The van der Waals surface area contributed by atoms with Crippen molar-refractivity contribution in [1.29, 1.82) is 0 Å². The molecule has 0 saturated carbocycles. The molecule has 1 amide bonds. The zero-order valence-electron chi connectivity index (χ0n) is 12.5. The van der Waals surface area contributed by atoms with Gasteiger partial charge in [0.25, 0.3) is 5.91 Å². The first kappa shape index (κ1) is 15.4. The largest absolute Gasteiger partial charge is 0.451 e. The van der Waals surface area contributed by atoms with Gasteiger partial charge in [0.15, 0.2) is 5.76 Å². The molecule has 1 spiro atoms. The molecule has 5 heteroatoms. The minimum absolute atomic E-state index is 0. The van der Waals surface area contributed by atoms with E-state index in [2.05, 4.69) is 5.32 Å². The topological polar surface area (TPSA) is 45.5 Å². The fourth-order valence-corrected chi connectivity index (χ4v) is 3.72. The average molecular weight is 321 g/mol. The quantitative estimate of drug-likeness (QED) is 0.878. The van der Waals surface area contributed by atoms with E-state index in [1.165, 1.54) is 12.8 Å². The number of fused-ring (bicyclic) bond motifs is 1. The number of nitrogens with zero attached hydrogens (tertiary/aromatic N) is 1. The Bertz CT molecular complexity index is 643. The van der Waals surface area contributed by atoms with Crippen LogP contribution in [0.1, 0.15) is 29.8 Å². The summed E-state index contributed by atoms with van der Waals surface area (Å²) in [6.45, 7) is 3.89. The van der Waals surface area contributed by atoms with Crippen LogP contribution >= 0.6 is 12.4 Å². The summed E-state index contributed by atoms with van der Waals surface area (Å²) in [5.74, 6) is 0.517. The Balaban J connectivity index is 0.00000144. The standard InChI is InChI=1S/C17H20N2O2.ClH/c20-16(15-11-13-3-1-2-4-14(13)21-15)19-10-7-17(12-19)5-8-18-9-6-17;/h1-4,11,18H,5-10,12H2;1H. The van der Waals surface area contributed by atoms with Crippen LogP contribution in [-0.4, -0.2) is 37.0 Å². The molecule has 4 rings (SSSR count). The van der Waals surface area contributed by atoms with Crippen molar-refractivity contribution in [2.24, 2.45) is 5.41 Å². The lowest BCUT2D eigenvalue weighted by Gasteiger charge is -2.33. The molecule has 0 aliphatic carbocycles. The number of furan rings is 1. The second-order valence-electron chi connectivity index (χ2n) is 6.38. The Morgan fingerprint density at radius 3 is 2.73 bits per heavy atom. The molecule has 0 radical (unpaired) electrons. The summed E-state index contributed by atoms with van der Waals surface area (Å²) < 4.78 is 5.71. The number of hydrogen-bond donors (Lipinski definition) is 1. The van der Waals surface area contributed by atoms with Gasteiger partial charge in [-0.25, -0.2) is 0 Å². The van der Waals surface area contributed by atoms with Crippen molar-refractivity contribution in [2.45, 2.75) is 19.3 Å². The van der Waals surface area contributed by atoms with Crippen LogP contribution < -0.4 is 5.32 Å². The van der Waals surface area contributed by atoms with E-state index in [1.807, 2.05) is 35.2 Å². The number of piperidine rings is 1. The van der Waals surface area contributed by atoms with E-state index in [-0.39, 0.29) is 18.3 Å².